The van der Waals surface area contributed by atoms with Crippen LogP contribution in [-0.4, -0.2) is 17.0 Å². The van der Waals surface area contributed by atoms with E-state index < -0.39 is 0 Å². The van der Waals surface area contributed by atoms with Crippen LogP contribution >= 0.6 is 15.9 Å². The molecule has 2 aromatic rings. The third kappa shape index (κ3) is 5.16. The standard InChI is InChI=1S/C24H24BrO2/c1-2-23(18-6-3-4-7-18)24(19-8-12-21(26)13-9-19)20-10-14-22(15-11-20)27-17-5-16-25/h3-4,6-15,26H,2,5,16-17H2,1H3/b24-23-. The van der Waals surface area contributed by atoms with Gasteiger partial charge in [-0.2, -0.15) is 0 Å². The van der Waals surface area contributed by atoms with E-state index in [0.29, 0.717) is 6.61 Å². The molecule has 1 aliphatic rings. The SMILES string of the molecule is CC/C([C]1[CH][CH][CH][CH]1)=C(\c1ccc(O)cc1)c1ccc(OCCCBr)cc1. The average molecular weight is 424 g/mol. The molecule has 139 valence electrons. The third-order valence-corrected chi connectivity index (χ3v) is 5.07. The van der Waals surface area contributed by atoms with Crippen molar-refractivity contribution in [2.24, 2.45) is 0 Å². The van der Waals surface area contributed by atoms with Crippen LogP contribution in [0.4, 0.5) is 0 Å². The van der Waals surface area contributed by atoms with Crippen LogP contribution in [0.3, 0.4) is 0 Å². The molecule has 3 rings (SSSR count). The van der Waals surface area contributed by atoms with Gasteiger partial charge in [-0.3, -0.25) is 0 Å². The number of benzene rings is 2. The van der Waals surface area contributed by atoms with Crippen molar-refractivity contribution < 1.29 is 9.84 Å². The Morgan fingerprint density at radius 2 is 1.52 bits per heavy atom. The molecule has 2 aromatic carbocycles. The van der Waals surface area contributed by atoms with Crippen LogP contribution in [0.5, 0.6) is 11.5 Å². The average Bonchev–Trinajstić information content (AvgIpc) is 3.22. The fourth-order valence-electron chi connectivity index (χ4n) is 3.21. The highest BCUT2D eigenvalue weighted by atomic mass is 79.9. The summed E-state index contributed by atoms with van der Waals surface area (Å²) < 4.78 is 5.78. The van der Waals surface area contributed by atoms with Gasteiger partial charge in [-0.1, -0.05) is 52.7 Å². The lowest BCUT2D eigenvalue weighted by Crippen LogP contribution is -2.03. The number of rotatable bonds is 8. The van der Waals surface area contributed by atoms with Gasteiger partial charge in [0, 0.05) is 11.2 Å². The highest BCUT2D eigenvalue weighted by Crippen LogP contribution is 2.40. The lowest BCUT2D eigenvalue weighted by Gasteiger charge is -2.20. The summed E-state index contributed by atoms with van der Waals surface area (Å²) in [6, 6.07) is 15.7. The molecule has 0 aliphatic heterocycles. The van der Waals surface area contributed by atoms with E-state index in [1.165, 1.54) is 17.1 Å². The van der Waals surface area contributed by atoms with Crippen molar-refractivity contribution in [1.29, 1.82) is 0 Å². The Bertz CT molecular complexity index is 741. The van der Waals surface area contributed by atoms with Crippen LogP contribution in [0.2, 0.25) is 0 Å². The minimum Gasteiger partial charge on any atom is -0.508 e. The molecule has 0 heterocycles. The summed E-state index contributed by atoms with van der Waals surface area (Å²) in [6.07, 6.45) is 10.3. The first-order valence-corrected chi connectivity index (χ1v) is 10.4. The summed E-state index contributed by atoms with van der Waals surface area (Å²) in [5.74, 6) is 2.40. The van der Waals surface area contributed by atoms with Gasteiger partial charge in [0.05, 0.1) is 6.61 Å². The van der Waals surface area contributed by atoms with E-state index in [2.05, 4.69) is 60.7 Å². The highest BCUT2D eigenvalue weighted by molar-refractivity contribution is 9.09. The molecule has 0 aromatic heterocycles. The fourth-order valence-corrected chi connectivity index (χ4v) is 3.43. The quantitative estimate of drug-likeness (QED) is 0.406. The highest BCUT2D eigenvalue weighted by Gasteiger charge is 2.24. The van der Waals surface area contributed by atoms with Crippen molar-refractivity contribution in [3.05, 3.63) is 96.8 Å². The lowest BCUT2D eigenvalue weighted by molar-refractivity contribution is 0.319. The molecule has 0 unspecified atom stereocenters. The molecule has 1 fully saturated rings. The molecular formula is C24H24BrO2. The summed E-state index contributed by atoms with van der Waals surface area (Å²) in [5.41, 5.74) is 4.72. The number of phenols is 1. The van der Waals surface area contributed by atoms with Crippen molar-refractivity contribution in [1.82, 2.24) is 0 Å². The molecule has 2 nitrogen and oxygen atoms in total. The molecule has 1 saturated carbocycles. The van der Waals surface area contributed by atoms with E-state index in [4.69, 9.17) is 4.74 Å². The van der Waals surface area contributed by atoms with Crippen molar-refractivity contribution >= 4 is 21.5 Å². The maximum atomic E-state index is 9.69. The number of halogens is 1. The van der Waals surface area contributed by atoms with Crippen LogP contribution in [-0.2, 0) is 0 Å². The first kappa shape index (κ1) is 20.0. The monoisotopic (exact) mass is 423 g/mol. The topological polar surface area (TPSA) is 29.5 Å². The van der Waals surface area contributed by atoms with Crippen molar-refractivity contribution in [3.63, 3.8) is 0 Å². The minimum atomic E-state index is 0.278. The van der Waals surface area contributed by atoms with E-state index >= 15 is 0 Å². The van der Waals surface area contributed by atoms with Crippen LogP contribution in [0, 0.1) is 31.6 Å². The van der Waals surface area contributed by atoms with Crippen LogP contribution in [0.25, 0.3) is 5.57 Å². The molecule has 0 bridgehead atoms. The zero-order chi connectivity index (χ0) is 19.1. The largest absolute Gasteiger partial charge is 0.508 e. The Kier molecular flexibility index (Phi) is 7.40. The second-order valence-corrected chi connectivity index (χ2v) is 7.14. The van der Waals surface area contributed by atoms with Gasteiger partial charge in [0.15, 0.2) is 0 Å². The molecule has 0 atom stereocenters. The summed E-state index contributed by atoms with van der Waals surface area (Å²) in [6.45, 7) is 2.89. The minimum absolute atomic E-state index is 0.278. The zero-order valence-corrected chi connectivity index (χ0v) is 17.1. The number of hydrogen-bond acceptors (Lipinski definition) is 2. The molecular weight excluding hydrogens is 400 g/mol. The van der Waals surface area contributed by atoms with Gasteiger partial charge in [-0.25, -0.2) is 0 Å². The van der Waals surface area contributed by atoms with Gasteiger partial charge in [-0.05, 0) is 79.5 Å². The number of ether oxygens (including phenoxy) is 1. The van der Waals surface area contributed by atoms with Crippen LogP contribution in [0.15, 0.2) is 54.1 Å². The molecule has 0 saturated heterocycles. The van der Waals surface area contributed by atoms with Gasteiger partial charge in [0.2, 0.25) is 0 Å². The van der Waals surface area contributed by atoms with Gasteiger partial charge < -0.3 is 9.84 Å². The second kappa shape index (κ2) is 9.98. The van der Waals surface area contributed by atoms with Crippen LogP contribution in [0.1, 0.15) is 30.9 Å². The second-order valence-electron chi connectivity index (χ2n) is 6.34. The Morgan fingerprint density at radius 3 is 2.07 bits per heavy atom. The molecule has 5 radical (unpaired) electrons. The van der Waals surface area contributed by atoms with Gasteiger partial charge in [-0.15, -0.1) is 0 Å². The Hall–Kier alpha value is -1.74. The maximum Gasteiger partial charge on any atom is 0.119 e. The van der Waals surface area contributed by atoms with Crippen LogP contribution < -0.4 is 4.74 Å². The number of aromatic hydroxyl groups is 1. The van der Waals surface area contributed by atoms with E-state index in [1.807, 2.05) is 24.3 Å². The zero-order valence-electron chi connectivity index (χ0n) is 15.5. The van der Waals surface area contributed by atoms with Crippen molar-refractivity contribution in [2.75, 3.05) is 11.9 Å². The van der Waals surface area contributed by atoms with Crippen molar-refractivity contribution in [3.8, 4) is 11.5 Å². The first-order valence-electron chi connectivity index (χ1n) is 9.26. The predicted octanol–water partition coefficient (Wildman–Crippen LogP) is 6.17. The van der Waals surface area contributed by atoms with E-state index in [1.54, 1.807) is 12.1 Å². The van der Waals surface area contributed by atoms with Gasteiger partial charge >= 0.3 is 0 Å². The summed E-state index contributed by atoms with van der Waals surface area (Å²) in [7, 11) is 0. The fraction of sp³-hybridized carbons (Fsp3) is 0.208. The Morgan fingerprint density at radius 1 is 0.926 bits per heavy atom. The molecule has 1 aliphatic carbocycles. The van der Waals surface area contributed by atoms with E-state index in [9.17, 15) is 5.11 Å². The number of hydrogen-bond donors (Lipinski definition) is 1. The summed E-state index contributed by atoms with van der Waals surface area (Å²) >= 11 is 3.42. The van der Waals surface area contributed by atoms with Crippen molar-refractivity contribution in [2.45, 2.75) is 19.8 Å². The maximum absolute atomic E-state index is 9.69. The van der Waals surface area contributed by atoms with E-state index in [0.717, 1.165) is 35.0 Å². The molecule has 1 N–H and O–H groups in total. The third-order valence-electron chi connectivity index (χ3n) is 4.51. The molecule has 3 heteroatoms. The molecule has 0 amide bonds. The molecule has 27 heavy (non-hydrogen) atoms. The van der Waals surface area contributed by atoms with Gasteiger partial charge in [0.25, 0.3) is 0 Å². The number of allylic oxidation sites excluding steroid dienone is 1. The number of alkyl halides is 1. The number of phenolic OH excluding ortho intramolecular Hbond substituents is 1. The summed E-state index contributed by atoms with van der Waals surface area (Å²) in [5, 5.41) is 10.6. The normalized spacial score (nSPS) is 15.6. The Balaban J connectivity index is 1.97. The van der Waals surface area contributed by atoms with E-state index in [-0.39, 0.29) is 5.75 Å². The molecule has 0 spiro atoms. The Labute approximate surface area is 171 Å². The van der Waals surface area contributed by atoms with Gasteiger partial charge in [0.1, 0.15) is 11.5 Å². The smallest absolute Gasteiger partial charge is 0.119 e. The predicted molar refractivity (Wildman–Crippen MR) is 115 cm³/mol. The first-order chi connectivity index (χ1) is 13.2. The summed E-state index contributed by atoms with van der Waals surface area (Å²) in [4.78, 5) is 0. The lowest BCUT2D eigenvalue weighted by atomic mass is 9.84.